The summed E-state index contributed by atoms with van der Waals surface area (Å²) in [6, 6.07) is 15.5. The van der Waals surface area contributed by atoms with Crippen LogP contribution in [0.1, 0.15) is 23.6 Å². The second-order valence-electron chi connectivity index (χ2n) is 5.31. The van der Waals surface area contributed by atoms with Gasteiger partial charge in [-0.1, -0.05) is 42.1 Å². The highest BCUT2D eigenvalue weighted by atomic mass is 32.2. The zero-order chi connectivity index (χ0) is 18.8. The van der Waals surface area contributed by atoms with Crippen LogP contribution >= 0.6 is 11.8 Å². The van der Waals surface area contributed by atoms with E-state index < -0.39 is 0 Å². The first-order valence-corrected chi connectivity index (χ1v) is 8.90. The molecule has 0 atom stereocenters. The lowest BCUT2D eigenvalue weighted by atomic mass is 10.1. The van der Waals surface area contributed by atoms with Crippen LogP contribution in [-0.2, 0) is 21.9 Å². The number of benzene rings is 2. The molecule has 6 nitrogen and oxygen atoms in total. The van der Waals surface area contributed by atoms with Gasteiger partial charge >= 0.3 is 5.97 Å². The fraction of sp³-hybridized carbons (Fsp3) is 0.211. The minimum Gasteiger partial charge on any atom is -0.496 e. The molecule has 0 heterocycles. The predicted octanol–water partition coefficient (Wildman–Crippen LogP) is 3.34. The van der Waals surface area contributed by atoms with Crippen LogP contribution in [0.15, 0.2) is 58.7 Å². The van der Waals surface area contributed by atoms with Gasteiger partial charge in [-0.2, -0.15) is 5.10 Å². The van der Waals surface area contributed by atoms with E-state index in [9.17, 15) is 4.79 Å². The Labute approximate surface area is 157 Å². The van der Waals surface area contributed by atoms with Gasteiger partial charge in [0, 0.05) is 18.2 Å². The second kappa shape index (κ2) is 10.2. The van der Waals surface area contributed by atoms with E-state index in [2.05, 4.69) is 10.2 Å². The zero-order valence-corrected chi connectivity index (χ0v) is 15.5. The van der Waals surface area contributed by atoms with Gasteiger partial charge in [0.15, 0.2) is 5.17 Å². The first kappa shape index (κ1) is 19.5. The number of hydrogen-bond acceptors (Lipinski definition) is 6. The molecule has 136 valence electrons. The van der Waals surface area contributed by atoms with E-state index in [1.807, 2.05) is 42.5 Å². The van der Waals surface area contributed by atoms with Crippen molar-refractivity contribution in [1.29, 1.82) is 0 Å². The van der Waals surface area contributed by atoms with Crippen LogP contribution in [-0.4, -0.2) is 24.5 Å². The number of nitrogens with zero attached hydrogens (tertiary/aromatic N) is 2. The Hall–Kier alpha value is -2.80. The highest BCUT2D eigenvalue weighted by Gasteiger charge is 2.05. The van der Waals surface area contributed by atoms with Crippen molar-refractivity contribution in [3.8, 4) is 5.75 Å². The SMILES string of the molecule is COc1ccc(C=NN=C(N)SCc2ccccc2)cc1COC(C)=O. The van der Waals surface area contributed by atoms with Crippen LogP contribution in [0.3, 0.4) is 0 Å². The Morgan fingerprint density at radius 2 is 2.00 bits per heavy atom. The summed E-state index contributed by atoms with van der Waals surface area (Å²) in [5, 5.41) is 8.39. The number of hydrogen-bond donors (Lipinski definition) is 1. The molecule has 0 aliphatic heterocycles. The molecule has 2 aromatic rings. The number of thioether (sulfide) groups is 1. The Morgan fingerprint density at radius 3 is 2.69 bits per heavy atom. The summed E-state index contributed by atoms with van der Waals surface area (Å²) >= 11 is 1.42. The van der Waals surface area contributed by atoms with Crippen LogP contribution in [0, 0.1) is 0 Å². The van der Waals surface area contributed by atoms with E-state index in [4.69, 9.17) is 15.2 Å². The van der Waals surface area contributed by atoms with Gasteiger partial charge in [-0.25, -0.2) is 0 Å². The molecule has 26 heavy (non-hydrogen) atoms. The van der Waals surface area contributed by atoms with Crippen molar-refractivity contribution in [3.05, 3.63) is 65.2 Å². The molecular formula is C19H21N3O3S. The molecule has 7 heteroatoms. The number of nitrogens with two attached hydrogens (primary N) is 1. The predicted molar refractivity (Wildman–Crippen MR) is 105 cm³/mol. The van der Waals surface area contributed by atoms with Crippen molar-refractivity contribution in [2.24, 2.45) is 15.9 Å². The third-order valence-corrected chi connectivity index (χ3v) is 4.18. The van der Waals surface area contributed by atoms with Gasteiger partial charge in [-0.05, 0) is 29.3 Å². The lowest BCUT2D eigenvalue weighted by molar-refractivity contribution is -0.142. The van der Waals surface area contributed by atoms with E-state index in [0.717, 1.165) is 16.9 Å². The van der Waals surface area contributed by atoms with E-state index >= 15 is 0 Å². The number of amidine groups is 1. The average Bonchev–Trinajstić information content (AvgIpc) is 2.65. The summed E-state index contributed by atoms with van der Waals surface area (Å²) in [5.41, 5.74) is 8.59. The molecule has 2 aromatic carbocycles. The Balaban J connectivity index is 1.97. The third kappa shape index (κ3) is 6.60. The maximum absolute atomic E-state index is 11.0. The van der Waals surface area contributed by atoms with Crippen molar-refractivity contribution in [1.82, 2.24) is 0 Å². The number of carbonyl (C=O) groups excluding carboxylic acids is 1. The summed E-state index contributed by atoms with van der Waals surface area (Å²) in [7, 11) is 1.56. The Kier molecular flexibility index (Phi) is 7.70. The van der Waals surface area contributed by atoms with Crippen LogP contribution in [0.2, 0.25) is 0 Å². The highest BCUT2D eigenvalue weighted by molar-refractivity contribution is 8.13. The van der Waals surface area contributed by atoms with Crippen LogP contribution in [0.25, 0.3) is 0 Å². The van der Waals surface area contributed by atoms with Crippen LogP contribution in [0.5, 0.6) is 5.75 Å². The van der Waals surface area contributed by atoms with E-state index in [-0.39, 0.29) is 12.6 Å². The fourth-order valence-electron chi connectivity index (χ4n) is 2.08. The van der Waals surface area contributed by atoms with Crippen LogP contribution in [0.4, 0.5) is 0 Å². The lowest BCUT2D eigenvalue weighted by Gasteiger charge is -2.09. The minimum atomic E-state index is -0.348. The standard InChI is InChI=1S/C19H21N3O3S/c1-14(23)25-12-17-10-16(8-9-18(17)24-2)11-21-22-19(20)26-13-15-6-4-3-5-7-15/h3-11H,12-13H2,1-2H3,(H2,20,22). The van der Waals surface area contributed by atoms with Crippen molar-refractivity contribution >= 4 is 29.1 Å². The lowest BCUT2D eigenvalue weighted by Crippen LogP contribution is -2.06. The van der Waals surface area contributed by atoms with Gasteiger partial charge in [0.2, 0.25) is 0 Å². The molecule has 0 aliphatic rings. The van der Waals surface area contributed by atoms with Gasteiger partial charge in [-0.3, -0.25) is 4.79 Å². The molecule has 0 fully saturated rings. The van der Waals surface area contributed by atoms with Gasteiger partial charge in [-0.15, -0.1) is 5.10 Å². The Bertz CT molecular complexity index is 792. The summed E-state index contributed by atoms with van der Waals surface area (Å²) in [6.07, 6.45) is 1.59. The minimum absolute atomic E-state index is 0.137. The third-order valence-electron chi connectivity index (χ3n) is 3.33. The van der Waals surface area contributed by atoms with Gasteiger partial charge in [0.05, 0.1) is 13.3 Å². The highest BCUT2D eigenvalue weighted by Crippen LogP contribution is 2.20. The normalized spacial score (nSPS) is 11.5. The maximum atomic E-state index is 11.0. The number of ether oxygens (including phenoxy) is 2. The summed E-state index contributed by atoms with van der Waals surface area (Å²) in [6.45, 7) is 1.50. The fourth-order valence-corrected chi connectivity index (χ4v) is 2.70. The number of esters is 1. The average molecular weight is 371 g/mol. The molecule has 2 rings (SSSR count). The van der Waals surface area contributed by atoms with E-state index in [1.54, 1.807) is 19.4 Å². The van der Waals surface area contributed by atoms with Crippen molar-refractivity contribution < 1.29 is 14.3 Å². The molecule has 0 aromatic heterocycles. The maximum Gasteiger partial charge on any atom is 0.302 e. The second-order valence-corrected chi connectivity index (χ2v) is 6.30. The molecule has 0 aliphatic carbocycles. The van der Waals surface area contributed by atoms with Crippen molar-refractivity contribution in [3.63, 3.8) is 0 Å². The summed E-state index contributed by atoms with van der Waals surface area (Å²) in [4.78, 5) is 11.0. The molecule has 0 saturated heterocycles. The number of methoxy groups -OCH3 is 1. The zero-order valence-electron chi connectivity index (χ0n) is 14.7. The topological polar surface area (TPSA) is 86.3 Å². The van der Waals surface area contributed by atoms with Crippen LogP contribution < -0.4 is 10.5 Å². The molecule has 0 bridgehead atoms. The molecule has 0 saturated carbocycles. The van der Waals surface area contributed by atoms with E-state index in [0.29, 0.717) is 10.9 Å². The molecule has 0 amide bonds. The molecule has 0 unspecified atom stereocenters. The van der Waals surface area contributed by atoms with Gasteiger partial charge in [0.1, 0.15) is 12.4 Å². The first-order chi connectivity index (χ1) is 12.6. The monoisotopic (exact) mass is 371 g/mol. The van der Waals surface area contributed by atoms with E-state index in [1.165, 1.54) is 24.2 Å². The largest absolute Gasteiger partial charge is 0.496 e. The van der Waals surface area contributed by atoms with Gasteiger partial charge in [0.25, 0.3) is 0 Å². The molecular weight excluding hydrogens is 350 g/mol. The molecule has 0 spiro atoms. The quantitative estimate of drug-likeness (QED) is 0.349. The first-order valence-electron chi connectivity index (χ1n) is 7.92. The summed E-state index contributed by atoms with van der Waals surface area (Å²) < 4.78 is 10.3. The number of rotatable bonds is 7. The smallest absolute Gasteiger partial charge is 0.302 e. The van der Waals surface area contributed by atoms with Crippen molar-refractivity contribution in [2.45, 2.75) is 19.3 Å². The molecule has 0 radical (unpaired) electrons. The Morgan fingerprint density at radius 1 is 1.23 bits per heavy atom. The van der Waals surface area contributed by atoms with Crippen molar-refractivity contribution in [2.75, 3.05) is 7.11 Å². The molecule has 2 N–H and O–H groups in total. The number of carbonyl (C=O) groups is 1. The summed E-state index contributed by atoms with van der Waals surface area (Å²) in [5.74, 6) is 1.03. The van der Waals surface area contributed by atoms with Gasteiger partial charge < -0.3 is 15.2 Å².